The number of ketones is 1. The van der Waals surface area contributed by atoms with Gasteiger partial charge in [0.2, 0.25) is 15.8 Å². The van der Waals surface area contributed by atoms with Gasteiger partial charge in [-0.15, -0.1) is 0 Å². The van der Waals surface area contributed by atoms with E-state index in [2.05, 4.69) is 5.16 Å². The van der Waals surface area contributed by atoms with Crippen molar-refractivity contribution in [1.82, 2.24) is 9.46 Å². The van der Waals surface area contributed by atoms with E-state index in [1.54, 1.807) is 20.8 Å². The average Bonchev–Trinajstić information content (AvgIpc) is 3.09. The lowest BCUT2D eigenvalue weighted by molar-refractivity contribution is -0.152. The number of esters is 1. The van der Waals surface area contributed by atoms with Crippen LogP contribution in [0, 0.1) is 40.5 Å². The van der Waals surface area contributed by atoms with Crippen LogP contribution in [0.25, 0.3) is 0 Å². The Kier molecular flexibility index (Phi) is 6.90. The summed E-state index contributed by atoms with van der Waals surface area (Å²) in [6, 6.07) is 3.76. The van der Waals surface area contributed by atoms with Crippen LogP contribution < -0.4 is 0 Å². The van der Waals surface area contributed by atoms with Gasteiger partial charge < -0.3 is 9.26 Å². The highest BCUT2D eigenvalue weighted by Gasteiger charge is 2.37. The molecule has 1 aliphatic rings. The highest BCUT2D eigenvalue weighted by molar-refractivity contribution is 7.89. The van der Waals surface area contributed by atoms with Gasteiger partial charge in [0.25, 0.3) is 0 Å². The number of rotatable bonds is 6. The zero-order valence-corrected chi connectivity index (χ0v) is 20.2. The summed E-state index contributed by atoms with van der Waals surface area (Å²) in [6.07, 6.45) is 0.0506. The Hall–Kier alpha value is -2.52. The second kappa shape index (κ2) is 9.15. The summed E-state index contributed by atoms with van der Waals surface area (Å²) in [5.74, 6) is -1.26. The van der Waals surface area contributed by atoms with Crippen molar-refractivity contribution in [2.75, 3.05) is 13.1 Å². The van der Waals surface area contributed by atoms with Crippen LogP contribution in [0.2, 0.25) is 0 Å². The van der Waals surface area contributed by atoms with Crippen molar-refractivity contribution in [3.8, 4) is 0 Å². The normalized spacial score (nSPS) is 18.4. The predicted octanol–water partition coefficient (Wildman–Crippen LogP) is 3.43. The third-order valence-corrected chi connectivity index (χ3v) is 8.16. The summed E-state index contributed by atoms with van der Waals surface area (Å²) >= 11 is 0. The van der Waals surface area contributed by atoms with E-state index >= 15 is 0 Å². The van der Waals surface area contributed by atoms with Gasteiger partial charge in [-0.2, -0.15) is 4.31 Å². The number of benzene rings is 1. The number of hydrogen-bond acceptors (Lipinski definition) is 7. The molecule has 1 aromatic carbocycles. The zero-order chi connectivity index (χ0) is 23.8. The lowest BCUT2D eigenvalue weighted by atomic mass is 9.96. The molecule has 0 bridgehead atoms. The van der Waals surface area contributed by atoms with Crippen molar-refractivity contribution < 1.29 is 27.3 Å². The molecule has 0 spiro atoms. The minimum Gasteiger partial charge on any atom is -0.454 e. The molecule has 0 aliphatic carbocycles. The first-order chi connectivity index (χ1) is 14.9. The first-order valence-electron chi connectivity index (χ1n) is 10.7. The van der Waals surface area contributed by atoms with Crippen LogP contribution in [0.4, 0.5) is 0 Å². The van der Waals surface area contributed by atoms with Crippen LogP contribution in [0.15, 0.2) is 21.6 Å². The second-order valence-corrected chi connectivity index (χ2v) is 10.4. The molecule has 0 radical (unpaired) electrons. The topological polar surface area (TPSA) is 107 Å². The van der Waals surface area contributed by atoms with Gasteiger partial charge in [0, 0.05) is 18.7 Å². The Balaban J connectivity index is 1.72. The smallest absolute Gasteiger partial charge is 0.310 e. The highest BCUT2D eigenvalue weighted by Crippen LogP contribution is 2.28. The SMILES string of the molecule is Cc1cc(C)c(C(=O)C(C)OC(=O)C2CCCN(S(=O)(=O)c3c(C)noc3C)C2)cc1C. The fourth-order valence-electron chi connectivity index (χ4n) is 4.09. The van der Waals surface area contributed by atoms with Crippen molar-refractivity contribution in [3.63, 3.8) is 0 Å². The predicted molar refractivity (Wildman–Crippen MR) is 118 cm³/mol. The average molecular weight is 463 g/mol. The molecule has 0 N–H and O–H groups in total. The van der Waals surface area contributed by atoms with Gasteiger partial charge in [0.15, 0.2) is 11.9 Å². The molecule has 2 unspecified atom stereocenters. The van der Waals surface area contributed by atoms with E-state index in [9.17, 15) is 18.0 Å². The summed E-state index contributed by atoms with van der Waals surface area (Å²) < 4.78 is 38.0. The molecule has 1 fully saturated rings. The summed E-state index contributed by atoms with van der Waals surface area (Å²) in [5.41, 5.74) is 3.72. The Morgan fingerprint density at radius 3 is 2.41 bits per heavy atom. The van der Waals surface area contributed by atoms with E-state index in [-0.39, 0.29) is 28.7 Å². The number of ether oxygens (including phenoxy) is 1. The third kappa shape index (κ3) is 4.63. The fraction of sp³-hybridized carbons (Fsp3) is 0.522. The Morgan fingerprint density at radius 1 is 1.12 bits per heavy atom. The molecule has 0 amide bonds. The van der Waals surface area contributed by atoms with Gasteiger partial charge in [-0.25, -0.2) is 8.42 Å². The number of piperidine rings is 1. The minimum absolute atomic E-state index is 0.00515. The molecule has 174 valence electrons. The number of Topliss-reactive ketones (excluding diaryl/α,β-unsaturated/α-hetero) is 1. The summed E-state index contributed by atoms with van der Waals surface area (Å²) in [6.45, 7) is 10.7. The van der Waals surface area contributed by atoms with E-state index < -0.39 is 28.0 Å². The maximum absolute atomic E-state index is 13.1. The Labute approximate surface area is 189 Å². The monoisotopic (exact) mass is 462 g/mol. The van der Waals surface area contributed by atoms with Gasteiger partial charge >= 0.3 is 5.97 Å². The van der Waals surface area contributed by atoms with Gasteiger partial charge in [0.1, 0.15) is 10.6 Å². The number of nitrogens with zero attached hydrogens (tertiary/aromatic N) is 2. The molecule has 1 aliphatic heterocycles. The van der Waals surface area contributed by atoms with Crippen LogP contribution >= 0.6 is 0 Å². The molecule has 8 nitrogen and oxygen atoms in total. The molecule has 2 heterocycles. The zero-order valence-electron chi connectivity index (χ0n) is 19.4. The molecule has 32 heavy (non-hydrogen) atoms. The number of aryl methyl sites for hydroxylation is 5. The van der Waals surface area contributed by atoms with Gasteiger partial charge in [0.05, 0.1) is 5.92 Å². The summed E-state index contributed by atoms with van der Waals surface area (Å²) in [7, 11) is -3.85. The number of aromatic nitrogens is 1. The van der Waals surface area contributed by atoms with E-state index in [0.29, 0.717) is 24.9 Å². The quantitative estimate of drug-likeness (QED) is 0.478. The van der Waals surface area contributed by atoms with E-state index in [4.69, 9.17) is 9.26 Å². The van der Waals surface area contributed by atoms with Crippen LogP contribution in [0.3, 0.4) is 0 Å². The number of carbonyl (C=O) groups excluding carboxylic acids is 2. The molecule has 3 rings (SSSR count). The highest BCUT2D eigenvalue weighted by atomic mass is 32.2. The van der Waals surface area contributed by atoms with Gasteiger partial charge in [-0.1, -0.05) is 11.2 Å². The number of sulfonamides is 1. The van der Waals surface area contributed by atoms with E-state index in [0.717, 1.165) is 16.7 Å². The Morgan fingerprint density at radius 2 is 1.78 bits per heavy atom. The maximum Gasteiger partial charge on any atom is 0.310 e. The third-order valence-electron chi connectivity index (χ3n) is 6.05. The maximum atomic E-state index is 13.1. The lowest BCUT2D eigenvalue weighted by Gasteiger charge is -2.31. The molecular weight excluding hydrogens is 432 g/mol. The molecule has 2 aromatic rings. The van der Waals surface area contributed by atoms with Crippen LogP contribution in [0.5, 0.6) is 0 Å². The first kappa shape index (κ1) is 24.1. The van der Waals surface area contributed by atoms with Crippen molar-refractivity contribution in [3.05, 3.63) is 45.8 Å². The standard InChI is InChI=1S/C23H30N2O6S/c1-13-10-15(3)20(11-14(13)2)21(26)17(5)30-23(27)19-8-7-9-25(12-19)32(28,29)22-16(4)24-31-18(22)6/h10-11,17,19H,7-9,12H2,1-6H3. The molecule has 9 heteroatoms. The van der Waals surface area contributed by atoms with E-state index in [1.807, 2.05) is 32.9 Å². The van der Waals surface area contributed by atoms with Crippen LogP contribution in [-0.2, 0) is 19.6 Å². The van der Waals surface area contributed by atoms with Crippen molar-refractivity contribution in [2.45, 2.75) is 65.4 Å². The number of carbonyl (C=O) groups is 2. The molecule has 1 saturated heterocycles. The first-order valence-corrected chi connectivity index (χ1v) is 12.1. The van der Waals surface area contributed by atoms with Gasteiger partial charge in [-0.05, 0) is 77.1 Å². The van der Waals surface area contributed by atoms with Crippen molar-refractivity contribution in [1.29, 1.82) is 0 Å². The Bertz CT molecular complexity index is 1130. The fourth-order valence-corrected chi connectivity index (χ4v) is 5.91. The largest absolute Gasteiger partial charge is 0.454 e. The van der Waals surface area contributed by atoms with Crippen molar-refractivity contribution >= 4 is 21.8 Å². The molecule has 2 atom stereocenters. The van der Waals surface area contributed by atoms with Crippen LogP contribution in [0.1, 0.15) is 58.3 Å². The molecular formula is C23H30N2O6S. The lowest BCUT2D eigenvalue weighted by Crippen LogP contribution is -2.43. The minimum atomic E-state index is -3.85. The molecule has 0 saturated carbocycles. The van der Waals surface area contributed by atoms with Crippen LogP contribution in [-0.4, -0.2) is 48.8 Å². The van der Waals surface area contributed by atoms with Gasteiger partial charge in [-0.3, -0.25) is 9.59 Å². The second-order valence-electron chi connectivity index (χ2n) is 8.55. The number of hydrogen-bond donors (Lipinski definition) is 0. The van der Waals surface area contributed by atoms with Crippen molar-refractivity contribution in [2.24, 2.45) is 5.92 Å². The summed E-state index contributed by atoms with van der Waals surface area (Å²) in [4.78, 5) is 25.8. The van der Waals surface area contributed by atoms with E-state index in [1.165, 1.54) is 4.31 Å². The summed E-state index contributed by atoms with van der Waals surface area (Å²) in [5, 5.41) is 3.73. The molecule has 1 aromatic heterocycles.